The Kier molecular flexibility index (Phi) is 5.75. The number of pyridine rings is 1. The average Bonchev–Trinajstić information content (AvgIpc) is 2.51. The van der Waals surface area contributed by atoms with Gasteiger partial charge in [-0.2, -0.15) is 0 Å². The van der Waals surface area contributed by atoms with Crippen molar-refractivity contribution < 1.29 is 14.3 Å². The lowest BCUT2D eigenvalue weighted by Crippen LogP contribution is -2.15. The third kappa shape index (κ3) is 4.19. The van der Waals surface area contributed by atoms with E-state index < -0.39 is 0 Å². The Labute approximate surface area is 134 Å². The highest BCUT2D eigenvalue weighted by molar-refractivity contribution is 6.31. The van der Waals surface area contributed by atoms with Crippen molar-refractivity contribution >= 4 is 23.2 Å². The number of carbonyl (C=O) groups is 1. The zero-order valence-electron chi connectivity index (χ0n) is 12.4. The standard InChI is InChI=1S/C16H17ClN2O3/c1-11-5-6-18-10-14(11)19-16(20)13-9-12(17)3-4-15(13)22-8-7-21-2/h3-6,9-10H,7-8H2,1-2H3,(H,19,20). The molecule has 1 N–H and O–H groups in total. The van der Waals surface area contributed by atoms with Crippen LogP contribution in [0.1, 0.15) is 15.9 Å². The third-order valence-corrected chi connectivity index (χ3v) is 3.25. The van der Waals surface area contributed by atoms with Crippen molar-refractivity contribution in [1.82, 2.24) is 4.98 Å². The van der Waals surface area contributed by atoms with E-state index >= 15 is 0 Å². The molecule has 0 fully saturated rings. The van der Waals surface area contributed by atoms with Crippen LogP contribution < -0.4 is 10.1 Å². The van der Waals surface area contributed by atoms with Crippen LogP contribution in [0.4, 0.5) is 5.69 Å². The Hall–Kier alpha value is -2.11. The number of nitrogens with one attached hydrogen (secondary N) is 1. The molecule has 0 saturated heterocycles. The lowest BCUT2D eigenvalue weighted by Gasteiger charge is -2.13. The number of anilines is 1. The number of carbonyl (C=O) groups excluding carboxylic acids is 1. The predicted molar refractivity (Wildman–Crippen MR) is 85.8 cm³/mol. The lowest BCUT2D eigenvalue weighted by molar-refractivity contribution is 0.101. The fourth-order valence-corrected chi connectivity index (χ4v) is 2.00. The van der Waals surface area contributed by atoms with Crippen molar-refractivity contribution in [2.45, 2.75) is 6.92 Å². The maximum atomic E-state index is 12.5. The van der Waals surface area contributed by atoms with E-state index in [-0.39, 0.29) is 5.91 Å². The van der Waals surface area contributed by atoms with E-state index in [9.17, 15) is 4.79 Å². The van der Waals surface area contributed by atoms with E-state index in [0.717, 1.165) is 5.56 Å². The number of benzene rings is 1. The summed E-state index contributed by atoms with van der Waals surface area (Å²) < 4.78 is 10.5. The van der Waals surface area contributed by atoms with Crippen molar-refractivity contribution in [3.8, 4) is 5.75 Å². The quantitative estimate of drug-likeness (QED) is 0.829. The molecule has 5 nitrogen and oxygen atoms in total. The van der Waals surface area contributed by atoms with Crippen LogP contribution in [0, 0.1) is 6.92 Å². The predicted octanol–water partition coefficient (Wildman–Crippen LogP) is 3.32. The van der Waals surface area contributed by atoms with Gasteiger partial charge in [-0.25, -0.2) is 0 Å². The minimum Gasteiger partial charge on any atom is -0.490 e. The monoisotopic (exact) mass is 320 g/mol. The first-order chi connectivity index (χ1) is 10.6. The first-order valence-corrected chi connectivity index (χ1v) is 7.13. The Morgan fingerprint density at radius 3 is 2.86 bits per heavy atom. The maximum Gasteiger partial charge on any atom is 0.259 e. The molecule has 0 bridgehead atoms. The summed E-state index contributed by atoms with van der Waals surface area (Å²) in [6, 6.07) is 6.74. The molecule has 0 aliphatic rings. The van der Waals surface area contributed by atoms with Gasteiger partial charge in [0.05, 0.1) is 24.1 Å². The van der Waals surface area contributed by atoms with E-state index in [1.807, 2.05) is 13.0 Å². The highest BCUT2D eigenvalue weighted by Crippen LogP contribution is 2.24. The molecular formula is C16H17ClN2O3. The number of ether oxygens (including phenoxy) is 2. The van der Waals surface area contributed by atoms with E-state index in [2.05, 4.69) is 10.3 Å². The number of amides is 1. The molecule has 2 aromatic rings. The topological polar surface area (TPSA) is 60.5 Å². The first kappa shape index (κ1) is 16.3. The summed E-state index contributed by atoms with van der Waals surface area (Å²) in [7, 11) is 1.59. The first-order valence-electron chi connectivity index (χ1n) is 6.75. The summed E-state index contributed by atoms with van der Waals surface area (Å²) in [4.78, 5) is 16.5. The Bertz CT molecular complexity index is 662. The zero-order valence-corrected chi connectivity index (χ0v) is 13.2. The second-order valence-electron chi connectivity index (χ2n) is 4.63. The average molecular weight is 321 g/mol. The van der Waals surface area contributed by atoms with Crippen LogP contribution in [0.15, 0.2) is 36.7 Å². The van der Waals surface area contributed by atoms with E-state index in [4.69, 9.17) is 21.1 Å². The molecule has 0 saturated carbocycles. The number of methoxy groups -OCH3 is 1. The molecule has 1 amide bonds. The molecule has 1 aromatic carbocycles. The van der Waals surface area contributed by atoms with Crippen LogP contribution in [0.3, 0.4) is 0 Å². The van der Waals surface area contributed by atoms with Crippen molar-refractivity contribution in [3.63, 3.8) is 0 Å². The van der Waals surface area contributed by atoms with Crippen LogP contribution in [0.25, 0.3) is 0 Å². The van der Waals surface area contributed by atoms with Gasteiger partial charge in [0.25, 0.3) is 5.91 Å². The normalized spacial score (nSPS) is 10.3. The molecule has 0 aliphatic heterocycles. The largest absolute Gasteiger partial charge is 0.490 e. The molecule has 0 radical (unpaired) electrons. The lowest BCUT2D eigenvalue weighted by atomic mass is 10.1. The molecule has 0 atom stereocenters. The zero-order chi connectivity index (χ0) is 15.9. The number of aromatic nitrogens is 1. The third-order valence-electron chi connectivity index (χ3n) is 3.02. The number of nitrogens with zero attached hydrogens (tertiary/aromatic N) is 1. The molecule has 6 heteroatoms. The summed E-state index contributed by atoms with van der Waals surface area (Å²) in [5.41, 5.74) is 1.94. The van der Waals surface area contributed by atoms with Crippen LogP contribution >= 0.6 is 11.6 Å². The number of aryl methyl sites for hydroxylation is 1. The number of rotatable bonds is 6. The fourth-order valence-electron chi connectivity index (χ4n) is 1.82. The summed E-state index contributed by atoms with van der Waals surface area (Å²) in [5, 5.41) is 3.28. The maximum absolute atomic E-state index is 12.5. The van der Waals surface area contributed by atoms with Crippen molar-refractivity contribution in [2.24, 2.45) is 0 Å². The van der Waals surface area contributed by atoms with Crippen LogP contribution in [-0.4, -0.2) is 31.2 Å². The van der Waals surface area contributed by atoms with Crippen molar-refractivity contribution in [2.75, 3.05) is 25.6 Å². The van der Waals surface area contributed by atoms with Gasteiger partial charge in [0.1, 0.15) is 12.4 Å². The smallest absolute Gasteiger partial charge is 0.259 e. The number of hydrogen-bond acceptors (Lipinski definition) is 4. The van der Waals surface area contributed by atoms with Crippen LogP contribution in [0.5, 0.6) is 5.75 Å². The summed E-state index contributed by atoms with van der Waals surface area (Å²) in [6.07, 6.45) is 3.27. The molecule has 0 aliphatic carbocycles. The van der Waals surface area contributed by atoms with Crippen molar-refractivity contribution in [1.29, 1.82) is 0 Å². The molecule has 1 aromatic heterocycles. The Morgan fingerprint density at radius 1 is 1.32 bits per heavy atom. The minimum absolute atomic E-state index is 0.300. The van der Waals surface area contributed by atoms with Gasteiger partial charge in [-0.05, 0) is 36.8 Å². The summed E-state index contributed by atoms with van der Waals surface area (Å²) >= 11 is 5.98. The van der Waals surface area contributed by atoms with Gasteiger partial charge in [-0.15, -0.1) is 0 Å². The molecular weight excluding hydrogens is 304 g/mol. The Balaban J connectivity index is 2.20. The molecule has 116 valence electrons. The highest BCUT2D eigenvalue weighted by Gasteiger charge is 2.14. The van der Waals surface area contributed by atoms with Gasteiger partial charge in [0.2, 0.25) is 0 Å². The van der Waals surface area contributed by atoms with Gasteiger partial charge in [-0.1, -0.05) is 11.6 Å². The van der Waals surface area contributed by atoms with E-state index in [0.29, 0.717) is 35.2 Å². The molecule has 0 spiro atoms. The molecule has 22 heavy (non-hydrogen) atoms. The van der Waals surface area contributed by atoms with Crippen LogP contribution in [0.2, 0.25) is 5.02 Å². The van der Waals surface area contributed by atoms with Gasteiger partial charge < -0.3 is 14.8 Å². The SMILES string of the molecule is COCCOc1ccc(Cl)cc1C(=O)Nc1cnccc1C. The van der Waals surface area contributed by atoms with Crippen LogP contribution in [-0.2, 0) is 4.74 Å². The summed E-state index contributed by atoms with van der Waals surface area (Å²) in [6.45, 7) is 2.68. The van der Waals surface area contributed by atoms with E-state index in [1.54, 1.807) is 37.7 Å². The van der Waals surface area contributed by atoms with Gasteiger partial charge >= 0.3 is 0 Å². The molecule has 0 unspecified atom stereocenters. The second-order valence-corrected chi connectivity index (χ2v) is 5.06. The summed E-state index contributed by atoms with van der Waals surface area (Å²) in [5.74, 6) is 0.159. The van der Waals surface area contributed by atoms with Crippen molar-refractivity contribution in [3.05, 3.63) is 52.8 Å². The fraction of sp³-hybridized carbons (Fsp3) is 0.250. The van der Waals surface area contributed by atoms with Gasteiger partial charge in [0, 0.05) is 18.3 Å². The van der Waals surface area contributed by atoms with Gasteiger partial charge in [-0.3, -0.25) is 9.78 Å². The van der Waals surface area contributed by atoms with E-state index in [1.165, 1.54) is 0 Å². The second kappa shape index (κ2) is 7.77. The number of hydrogen-bond donors (Lipinski definition) is 1. The van der Waals surface area contributed by atoms with Gasteiger partial charge in [0.15, 0.2) is 0 Å². The Morgan fingerprint density at radius 2 is 2.14 bits per heavy atom. The molecule has 1 heterocycles. The molecule has 2 rings (SSSR count). The minimum atomic E-state index is -0.300. The number of halogens is 1. The highest BCUT2D eigenvalue weighted by atomic mass is 35.5.